The molecule has 0 aliphatic rings. The Kier molecular flexibility index (Phi) is 4.18. The molecule has 3 heteroatoms. The molecular formula is C16H17NO2. The SMILES string of the molecule is CC(=NO)c1ccc(OCc2ccc(C)cc2)cc1. The van der Waals surface area contributed by atoms with Crippen LogP contribution in [0.5, 0.6) is 5.75 Å². The molecule has 19 heavy (non-hydrogen) atoms. The number of benzene rings is 2. The van der Waals surface area contributed by atoms with Crippen LogP contribution >= 0.6 is 0 Å². The first-order chi connectivity index (χ1) is 9.19. The maximum Gasteiger partial charge on any atom is 0.119 e. The van der Waals surface area contributed by atoms with Crippen LogP contribution in [0.3, 0.4) is 0 Å². The van der Waals surface area contributed by atoms with Gasteiger partial charge in [-0.05, 0) is 49.2 Å². The molecular weight excluding hydrogens is 238 g/mol. The Morgan fingerprint density at radius 3 is 2.26 bits per heavy atom. The Labute approximate surface area is 113 Å². The van der Waals surface area contributed by atoms with Gasteiger partial charge in [0.25, 0.3) is 0 Å². The standard InChI is InChI=1S/C16H17NO2/c1-12-3-5-14(6-4-12)11-19-16-9-7-15(8-10-16)13(2)17-18/h3-10,18H,11H2,1-2H3. The molecule has 3 nitrogen and oxygen atoms in total. The van der Waals surface area contributed by atoms with Crippen LogP contribution in [0.2, 0.25) is 0 Å². The number of nitrogens with zero attached hydrogens (tertiary/aromatic N) is 1. The van der Waals surface area contributed by atoms with E-state index in [4.69, 9.17) is 9.94 Å². The van der Waals surface area contributed by atoms with Crippen molar-refractivity contribution in [3.05, 3.63) is 65.2 Å². The zero-order valence-corrected chi connectivity index (χ0v) is 11.1. The zero-order chi connectivity index (χ0) is 13.7. The summed E-state index contributed by atoms with van der Waals surface area (Å²) in [6.45, 7) is 4.36. The highest BCUT2D eigenvalue weighted by Gasteiger charge is 1.99. The fraction of sp³-hybridized carbons (Fsp3) is 0.188. The zero-order valence-electron chi connectivity index (χ0n) is 11.1. The van der Waals surface area contributed by atoms with E-state index < -0.39 is 0 Å². The van der Waals surface area contributed by atoms with Gasteiger partial charge in [-0.2, -0.15) is 0 Å². The van der Waals surface area contributed by atoms with Gasteiger partial charge in [-0.3, -0.25) is 0 Å². The van der Waals surface area contributed by atoms with Gasteiger partial charge in [0.15, 0.2) is 0 Å². The summed E-state index contributed by atoms with van der Waals surface area (Å²) < 4.78 is 5.70. The van der Waals surface area contributed by atoms with Crippen LogP contribution in [0.4, 0.5) is 0 Å². The van der Waals surface area contributed by atoms with Crippen LogP contribution in [0.1, 0.15) is 23.6 Å². The predicted octanol–water partition coefficient (Wildman–Crippen LogP) is 3.77. The van der Waals surface area contributed by atoms with Crippen LogP contribution in [-0.2, 0) is 6.61 Å². The van der Waals surface area contributed by atoms with E-state index in [0.29, 0.717) is 12.3 Å². The third-order valence-electron chi connectivity index (χ3n) is 2.95. The summed E-state index contributed by atoms with van der Waals surface area (Å²) >= 11 is 0. The minimum atomic E-state index is 0.548. The third kappa shape index (κ3) is 3.58. The van der Waals surface area contributed by atoms with E-state index in [1.807, 2.05) is 24.3 Å². The van der Waals surface area contributed by atoms with Gasteiger partial charge in [0, 0.05) is 0 Å². The number of oxime groups is 1. The monoisotopic (exact) mass is 255 g/mol. The van der Waals surface area contributed by atoms with Gasteiger partial charge >= 0.3 is 0 Å². The molecule has 2 rings (SSSR count). The topological polar surface area (TPSA) is 41.8 Å². The van der Waals surface area contributed by atoms with Gasteiger partial charge < -0.3 is 9.94 Å². The highest BCUT2D eigenvalue weighted by Crippen LogP contribution is 2.15. The second-order valence-corrected chi connectivity index (χ2v) is 4.48. The van der Waals surface area contributed by atoms with Crippen molar-refractivity contribution < 1.29 is 9.94 Å². The van der Waals surface area contributed by atoms with E-state index in [1.54, 1.807) is 6.92 Å². The first-order valence-electron chi connectivity index (χ1n) is 6.16. The summed E-state index contributed by atoms with van der Waals surface area (Å²) in [5, 5.41) is 11.9. The number of hydrogen-bond acceptors (Lipinski definition) is 3. The van der Waals surface area contributed by atoms with E-state index in [-0.39, 0.29) is 0 Å². The van der Waals surface area contributed by atoms with Crippen LogP contribution in [-0.4, -0.2) is 10.9 Å². The number of rotatable bonds is 4. The second-order valence-electron chi connectivity index (χ2n) is 4.48. The van der Waals surface area contributed by atoms with Gasteiger partial charge in [0.1, 0.15) is 12.4 Å². The van der Waals surface area contributed by atoms with Crippen LogP contribution in [0.15, 0.2) is 53.7 Å². The molecule has 0 spiro atoms. The lowest BCUT2D eigenvalue weighted by atomic mass is 10.1. The summed E-state index contributed by atoms with van der Waals surface area (Å²) in [4.78, 5) is 0. The fourth-order valence-electron chi connectivity index (χ4n) is 1.70. The Morgan fingerprint density at radius 1 is 1.05 bits per heavy atom. The number of aryl methyl sites for hydroxylation is 1. The third-order valence-corrected chi connectivity index (χ3v) is 2.95. The maximum atomic E-state index is 8.69. The molecule has 0 aliphatic carbocycles. The molecule has 0 bridgehead atoms. The molecule has 0 saturated carbocycles. The van der Waals surface area contributed by atoms with Crippen molar-refractivity contribution in [2.45, 2.75) is 20.5 Å². The molecule has 0 atom stereocenters. The average Bonchev–Trinajstić information content (AvgIpc) is 2.46. The molecule has 0 radical (unpaired) electrons. The van der Waals surface area contributed by atoms with Gasteiger partial charge in [-0.1, -0.05) is 35.0 Å². The molecule has 2 aromatic carbocycles. The summed E-state index contributed by atoms with van der Waals surface area (Å²) in [5.41, 5.74) is 3.85. The van der Waals surface area contributed by atoms with Crippen LogP contribution < -0.4 is 4.74 Å². The van der Waals surface area contributed by atoms with E-state index in [2.05, 4.69) is 36.3 Å². The molecule has 98 valence electrons. The quantitative estimate of drug-likeness (QED) is 0.513. The van der Waals surface area contributed by atoms with Gasteiger partial charge in [-0.25, -0.2) is 0 Å². The van der Waals surface area contributed by atoms with Crippen molar-refractivity contribution in [1.29, 1.82) is 0 Å². The maximum absolute atomic E-state index is 8.69. The highest BCUT2D eigenvalue weighted by molar-refractivity contribution is 5.98. The lowest BCUT2D eigenvalue weighted by Gasteiger charge is -2.07. The lowest BCUT2D eigenvalue weighted by molar-refractivity contribution is 0.306. The summed E-state index contributed by atoms with van der Waals surface area (Å²) in [5.74, 6) is 0.801. The normalized spacial score (nSPS) is 11.4. The largest absolute Gasteiger partial charge is 0.489 e. The first kappa shape index (κ1) is 13.1. The van der Waals surface area contributed by atoms with Crippen LogP contribution in [0.25, 0.3) is 0 Å². The van der Waals surface area contributed by atoms with Gasteiger partial charge in [0.2, 0.25) is 0 Å². The van der Waals surface area contributed by atoms with Crippen LogP contribution in [0, 0.1) is 6.92 Å². The second kappa shape index (κ2) is 6.05. The molecule has 0 fully saturated rings. The first-order valence-corrected chi connectivity index (χ1v) is 6.16. The van der Waals surface area contributed by atoms with E-state index in [1.165, 1.54) is 5.56 Å². The summed E-state index contributed by atoms with van der Waals surface area (Å²) in [7, 11) is 0. The molecule has 0 unspecified atom stereocenters. The minimum Gasteiger partial charge on any atom is -0.489 e. The Hall–Kier alpha value is -2.29. The smallest absolute Gasteiger partial charge is 0.119 e. The average molecular weight is 255 g/mol. The van der Waals surface area contributed by atoms with Crippen molar-refractivity contribution in [3.8, 4) is 5.75 Å². The molecule has 0 amide bonds. The fourth-order valence-corrected chi connectivity index (χ4v) is 1.70. The minimum absolute atomic E-state index is 0.548. The molecule has 0 aromatic heterocycles. The van der Waals surface area contributed by atoms with E-state index >= 15 is 0 Å². The van der Waals surface area contributed by atoms with Crippen molar-refractivity contribution >= 4 is 5.71 Å². The Bertz CT molecular complexity index is 556. The number of ether oxygens (including phenoxy) is 1. The van der Waals surface area contributed by atoms with Crippen molar-refractivity contribution in [1.82, 2.24) is 0 Å². The Balaban J connectivity index is 1.98. The summed E-state index contributed by atoms with van der Waals surface area (Å²) in [6.07, 6.45) is 0. The van der Waals surface area contributed by atoms with E-state index in [0.717, 1.165) is 16.9 Å². The van der Waals surface area contributed by atoms with Gasteiger partial charge in [0.05, 0.1) is 5.71 Å². The number of hydrogen-bond donors (Lipinski definition) is 1. The molecule has 2 aromatic rings. The van der Waals surface area contributed by atoms with Crippen molar-refractivity contribution in [3.63, 3.8) is 0 Å². The lowest BCUT2D eigenvalue weighted by Crippen LogP contribution is -1.97. The molecule has 0 saturated heterocycles. The van der Waals surface area contributed by atoms with Crippen molar-refractivity contribution in [2.75, 3.05) is 0 Å². The molecule has 0 aliphatic heterocycles. The van der Waals surface area contributed by atoms with Gasteiger partial charge in [-0.15, -0.1) is 0 Å². The predicted molar refractivity (Wildman–Crippen MR) is 76.0 cm³/mol. The molecule has 1 N–H and O–H groups in total. The highest BCUT2D eigenvalue weighted by atomic mass is 16.5. The summed E-state index contributed by atoms with van der Waals surface area (Å²) in [6, 6.07) is 15.8. The molecule has 0 heterocycles. The Morgan fingerprint density at radius 2 is 1.68 bits per heavy atom. The van der Waals surface area contributed by atoms with Crippen molar-refractivity contribution in [2.24, 2.45) is 5.16 Å². The van der Waals surface area contributed by atoms with E-state index in [9.17, 15) is 0 Å².